The van der Waals surface area contributed by atoms with Crippen molar-refractivity contribution in [1.29, 1.82) is 0 Å². The number of hydrogen-bond donors (Lipinski definition) is 0. The van der Waals surface area contributed by atoms with Crippen molar-refractivity contribution in [2.24, 2.45) is 0 Å². The highest BCUT2D eigenvalue weighted by Gasteiger charge is 2.24. The van der Waals surface area contributed by atoms with Crippen molar-refractivity contribution in [3.63, 3.8) is 0 Å². The van der Waals surface area contributed by atoms with Gasteiger partial charge in [-0.05, 0) is 59.9 Å². The van der Waals surface area contributed by atoms with Gasteiger partial charge in [-0.25, -0.2) is 0 Å². The van der Waals surface area contributed by atoms with Crippen LogP contribution in [0.5, 0.6) is 0 Å². The van der Waals surface area contributed by atoms with E-state index < -0.39 is 0 Å². The van der Waals surface area contributed by atoms with Gasteiger partial charge in [-0.3, -0.25) is 9.13 Å². The summed E-state index contributed by atoms with van der Waals surface area (Å²) >= 11 is 1.75. The summed E-state index contributed by atoms with van der Waals surface area (Å²) in [5.74, 6) is 1.77. The molecule has 0 atom stereocenters. The number of aromatic nitrogens is 5. The van der Waals surface area contributed by atoms with E-state index in [2.05, 4.69) is 185 Å². The average molecular weight is 746 g/mol. The number of fused-ring (bicyclic) bond motifs is 9. The molecule has 57 heavy (non-hydrogen) atoms. The summed E-state index contributed by atoms with van der Waals surface area (Å²) in [6, 6.07) is 60.3. The minimum absolute atomic E-state index is 0.568. The first-order chi connectivity index (χ1) is 28.3. The third-order valence-electron chi connectivity index (χ3n) is 11.4. The highest BCUT2D eigenvalue weighted by atomic mass is 32.1. The maximum atomic E-state index is 5.47. The minimum atomic E-state index is 0.568. The van der Waals surface area contributed by atoms with Crippen molar-refractivity contribution in [3.05, 3.63) is 181 Å². The molecule has 0 bridgehead atoms. The van der Waals surface area contributed by atoms with E-state index in [1.54, 1.807) is 11.3 Å². The van der Waals surface area contributed by atoms with Gasteiger partial charge < -0.3 is 0 Å². The highest BCUT2D eigenvalue weighted by molar-refractivity contribution is 7.25. The van der Waals surface area contributed by atoms with Gasteiger partial charge in [0, 0.05) is 54.0 Å². The first-order valence-corrected chi connectivity index (χ1v) is 20.1. The van der Waals surface area contributed by atoms with E-state index in [4.69, 9.17) is 15.0 Å². The standard InChI is InChI=1S/C51H31N5S/c1-2-15-32(16-3-1)33-29-30-38-37-20-8-12-26-44(37)56(45(38)31-33)51-53-49(52-50(54-51)55-42-24-10-6-18-35(42)36-19-7-11-25-43(36)55)40-21-5-4-17-34(40)39-23-14-28-47-48(39)41-22-9-13-27-46(41)57-47/h1-10,12-13,15-24,26-27,29-31H,11,25H2. The largest absolute Gasteiger partial charge is 0.282 e. The van der Waals surface area contributed by atoms with Gasteiger partial charge in [0.25, 0.3) is 0 Å². The van der Waals surface area contributed by atoms with Crippen LogP contribution in [-0.2, 0) is 6.42 Å². The molecule has 12 rings (SSSR count). The summed E-state index contributed by atoms with van der Waals surface area (Å²) in [7, 11) is 0. The Hall–Kier alpha value is -7.33. The Morgan fingerprint density at radius 3 is 2.09 bits per heavy atom. The zero-order chi connectivity index (χ0) is 37.5. The van der Waals surface area contributed by atoms with Gasteiger partial charge in [0.2, 0.25) is 11.9 Å². The first kappa shape index (κ1) is 32.0. The lowest BCUT2D eigenvalue weighted by atomic mass is 9.96. The van der Waals surface area contributed by atoms with E-state index in [1.165, 1.54) is 32.1 Å². The van der Waals surface area contributed by atoms with Crippen LogP contribution in [0.4, 0.5) is 0 Å². The van der Waals surface area contributed by atoms with E-state index >= 15 is 0 Å². The normalized spacial score (nSPS) is 12.6. The lowest BCUT2D eigenvalue weighted by Crippen LogP contribution is -2.12. The molecule has 0 saturated carbocycles. The van der Waals surface area contributed by atoms with Crippen LogP contribution >= 0.6 is 11.3 Å². The van der Waals surface area contributed by atoms with E-state index in [0.717, 1.165) is 72.7 Å². The van der Waals surface area contributed by atoms with Gasteiger partial charge in [-0.1, -0.05) is 146 Å². The summed E-state index contributed by atoms with van der Waals surface area (Å²) in [5.41, 5.74) is 10.9. The lowest BCUT2D eigenvalue weighted by Gasteiger charge is -2.16. The molecule has 5 nitrogen and oxygen atoms in total. The zero-order valence-corrected chi connectivity index (χ0v) is 31.5. The molecule has 4 heterocycles. The van der Waals surface area contributed by atoms with Gasteiger partial charge >= 0.3 is 0 Å². The predicted octanol–water partition coefficient (Wildman–Crippen LogP) is 12.8. The number of benzene rings is 6. The van der Waals surface area contributed by atoms with Gasteiger partial charge in [-0.15, -0.1) is 11.3 Å². The molecule has 0 unspecified atom stereocenters. The van der Waals surface area contributed by atoms with Crippen molar-refractivity contribution in [3.8, 4) is 45.5 Å². The van der Waals surface area contributed by atoms with Crippen molar-refractivity contribution in [2.45, 2.75) is 12.8 Å². The molecule has 0 spiro atoms. The van der Waals surface area contributed by atoms with Crippen molar-refractivity contribution >= 4 is 70.3 Å². The fourth-order valence-corrected chi connectivity index (χ4v) is 9.92. The molecular formula is C51H31N5S. The van der Waals surface area contributed by atoms with Crippen LogP contribution in [0.1, 0.15) is 17.7 Å². The number of rotatable bonds is 5. The van der Waals surface area contributed by atoms with E-state index in [-0.39, 0.29) is 0 Å². The fraction of sp³-hybridized carbons (Fsp3) is 0.0392. The molecule has 4 aromatic heterocycles. The molecule has 0 radical (unpaired) electrons. The number of allylic oxidation sites excluding steroid dienone is 1. The monoisotopic (exact) mass is 745 g/mol. The predicted molar refractivity (Wildman–Crippen MR) is 235 cm³/mol. The molecule has 0 aliphatic heterocycles. The molecule has 0 saturated heterocycles. The van der Waals surface area contributed by atoms with Crippen LogP contribution in [0.15, 0.2) is 158 Å². The van der Waals surface area contributed by atoms with Crippen LogP contribution in [0, 0.1) is 12.1 Å². The number of nitrogens with zero attached hydrogens (tertiary/aromatic N) is 5. The Kier molecular flexibility index (Phi) is 7.07. The summed E-state index contributed by atoms with van der Waals surface area (Å²) in [5, 5.41) is 5.87. The van der Waals surface area contributed by atoms with Crippen LogP contribution in [0.3, 0.4) is 0 Å². The smallest absolute Gasteiger partial charge is 0.240 e. The molecule has 7 aromatic carbocycles. The number of para-hydroxylation sites is 2. The quantitative estimate of drug-likeness (QED) is 0.176. The second kappa shape index (κ2) is 12.6. The summed E-state index contributed by atoms with van der Waals surface area (Å²) in [6.45, 7) is 0. The Morgan fingerprint density at radius 2 is 1.23 bits per heavy atom. The van der Waals surface area contributed by atoms with Crippen LogP contribution < -0.4 is 0 Å². The molecule has 11 aromatic rings. The average Bonchev–Trinajstić information content (AvgIpc) is 3.94. The molecule has 0 amide bonds. The molecule has 0 N–H and O–H groups in total. The number of hydrogen-bond acceptors (Lipinski definition) is 4. The Labute approximate surface area is 332 Å². The van der Waals surface area contributed by atoms with E-state index in [1.807, 2.05) is 0 Å². The maximum Gasteiger partial charge on any atom is 0.240 e. The van der Waals surface area contributed by atoms with Crippen LogP contribution in [0.25, 0.3) is 104 Å². The molecule has 266 valence electrons. The highest BCUT2D eigenvalue weighted by Crippen LogP contribution is 2.42. The SMILES string of the molecule is c1cc(-c2ccccc2-c2nc(-n3c4c(c5ccccc53)C=CCC4)nc(-n3c4ccccc4c4ccc(-c5ccccc5)cc43)n2)c2c(c#1)sc1ccccc12. The van der Waals surface area contributed by atoms with Crippen molar-refractivity contribution in [2.75, 3.05) is 0 Å². The molecule has 6 heteroatoms. The summed E-state index contributed by atoms with van der Waals surface area (Å²) in [6.07, 6.45) is 6.37. The minimum Gasteiger partial charge on any atom is -0.282 e. The Balaban J connectivity index is 1.18. The van der Waals surface area contributed by atoms with Gasteiger partial charge in [-0.2, -0.15) is 15.0 Å². The van der Waals surface area contributed by atoms with E-state index in [9.17, 15) is 0 Å². The van der Waals surface area contributed by atoms with Gasteiger partial charge in [0.1, 0.15) is 0 Å². The third-order valence-corrected chi connectivity index (χ3v) is 12.5. The Morgan fingerprint density at radius 1 is 0.544 bits per heavy atom. The first-order valence-electron chi connectivity index (χ1n) is 19.3. The second-order valence-corrected chi connectivity index (χ2v) is 15.6. The fourth-order valence-electron chi connectivity index (χ4n) is 8.84. The number of thiophene rings is 1. The van der Waals surface area contributed by atoms with E-state index in [0.29, 0.717) is 17.7 Å². The zero-order valence-electron chi connectivity index (χ0n) is 30.6. The van der Waals surface area contributed by atoms with Crippen molar-refractivity contribution in [1.82, 2.24) is 24.1 Å². The van der Waals surface area contributed by atoms with Crippen LogP contribution in [0.2, 0.25) is 0 Å². The third kappa shape index (κ3) is 4.93. The molecular weight excluding hydrogens is 715 g/mol. The molecule has 1 aliphatic carbocycles. The van der Waals surface area contributed by atoms with Crippen molar-refractivity contribution < 1.29 is 0 Å². The molecule has 0 fully saturated rings. The maximum absolute atomic E-state index is 5.47. The summed E-state index contributed by atoms with van der Waals surface area (Å²) < 4.78 is 6.80. The second-order valence-electron chi connectivity index (χ2n) is 14.5. The topological polar surface area (TPSA) is 48.5 Å². The molecule has 1 aliphatic rings. The van der Waals surface area contributed by atoms with Gasteiger partial charge in [0.15, 0.2) is 5.82 Å². The van der Waals surface area contributed by atoms with Gasteiger partial charge in [0.05, 0.1) is 21.3 Å². The van der Waals surface area contributed by atoms with Crippen LogP contribution in [-0.4, -0.2) is 24.1 Å². The Bertz CT molecular complexity index is 3420. The summed E-state index contributed by atoms with van der Waals surface area (Å²) in [4.78, 5) is 16.4. The lowest BCUT2D eigenvalue weighted by molar-refractivity contribution is 0.822.